The second-order valence-corrected chi connectivity index (χ2v) is 11.4. The fraction of sp³-hybridized carbons (Fsp3) is 0.615. The molecule has 0 aromatic carbocycles. The summed E-state index contributed by atoms with van der Waals surface area (Å²) in [5.74, 6) is 2.20. The molecule has 0 aliphatic carbocycles. The fourth-order valence-corrected chi connectivity index (χ4v) is 4.47. The molecule has 0 saturated carbocycles. The number of halogens is 3. The van der Waals surface area contributed by atoms with Gasteiger partial charge < -0.3 is 39.8 Å². The molecule has 2 atom stereocenters. The number of nitrogens with two attached hydrogens (primary N) is 1. The Kier molecular flexibility index (Phi) is 19.6. The Hall–Kier alpha value is -0.760. The van der Waals surface area contributed by atoms with Gasteiger partial charge in [0.25, 0.3) is 0 Å². The van der Waals surface area contributed by atoms with E-state index < -0.39 is 5.95 Å². The Morgan fingerprint density at radius 3 is 1.77 bits per heavy atom. The van der Waals surface area contributed by atoms with Gasteiger partial charge >= 0.3 is 0 Å². The zero-order valence-electron chi connectivity index (χ0n) is 23.7. The van der Waals surface area contributed by atoms with E-state index in [2.05, 4.69) is 71.4 Å². The zero-order chi connectivity index (χ0) is 28.6. The predicted molar refractivity (Wildman–Crippen MR) is 181 cm³/mol. The number of anilines is 3. The summed E-state index contributed by atoms with van der Waals surface area (Å²) in [5, 5.41) is 3.32. The highest BCUT2D eigenvalue weighted by Gasteiger charge is 2.15. The van der Waals surface area contributed by atoms with Crippen LogP contribution in [0.5, 0.6) is 0 Å². The van der Waals surface area contributed by atoms with Crippen molar-refractivity contribution in [3.8, 4) is 0 Å². The van der Waals surface area contributed by atoms with Crippen molar-refractivity contribution in [2.75, 3.05) is 95.0 Å². The summed E-state index contributed by atoms with van der Waals surface area (Å²) < 4.78 is 35.7. The van der Waals surface area contributed by atoms with Gasteiger partial charge in [0.15, 0.2) is 0 Å². The molecular weight excluding hydrogens is 765 g/mol. The number of aromatic nitrogens is 2. The molecular formula is C26H43FI2N6O4S. The summed E-state index contributed by atoms with van der Waals surface area (Å²) in [6.07, 6.45) is 0.386. The van der Waals surface area contributed by atoms with Crippen LogP contribution in [0.1, 0.15) is 13.8 Å². The smallest absolute Gasteiger partial charge is 0.215 e. The quantitative estimate of drug-likeness (QED) is 0.303. The molecule has 0 amide bonds. The number of hydrogen-bond donors (Lipinski definition) is 2. The third kappa shape index (κ3) is 14.4. The Morgan fingerprint density at radius 1 is 0.875 bits per heavy atom. The average molecular weight is 809 g/mol. The summed E-state index contributed by atoms with van der Waals surface area (Å²) in [5.41, 5.74) is 5.16. The minimum absolute atomic E-state index is 0. The van der Waals surface area contributed by atoms with Crippen LogP contribution < -0.4 is 20.9 Å². The van der Waals surface area contributed by atoms with Gasteiger partial charge in [-0.15, -0.1) is 0 Å². The molecule has 2 fully saturated rings. The number of hydrogen-bond acceptors (Lipinski definition) is 10. The number of pyridine rings is 2. The zero-order valence-corrected chi connectivity index (χ0v) is 29.0. The van der Waals surface area contributed by atoms with E-state index in [0.29, 0.717) is 25.6 Å². The molecule has 2 aliphatic rings. The summed E-state index contributed by atoms with van der Waals surface area (Å²) in [6, 6.07) is 7.46. The minimum atomic E-state index is -0.418. The average Bonchev–Trinajstić information content (AvgIpc) is 2.96. The third-order valence-electron chi connectivity index (χ3n) is 5.90. The first-order chi connectivity index (χ1) is 18.7. The van der Waals surface area contributed by atoms with Gasteiger partial charge in [-0.1, -0.05) is 0 Å². The van der Waals surface area contributed by atoms with Crippen LogP contribution >= 0.6 is 58.7 Å². The van der Waals surface area contributed by atoms with Crippen molar-refractivity contribution in [2.24, 2.45) is 5.73 Å². The van der Waals surface area contributed by atoms with Crippen LogP contribution in [0.3, 0.4) is 0 Å². The van der Waals surface area contributed by atoms with Crippen LogP contribution in [0.15, 0.2) is 24.3 Å². The van der Waals surface area contributed by atoms with Gasteiger partial charge in [-0.2, -0.15) is 17.9 Å². The largest absolute Gasteiger partial charge is 0.380 e. The van der Waals surface area contributed by atoms with Gasteiger partial charge in [-0.3, -0.25) is 0 Å². The number of ether oxygens (including phenoxy) is 4. The number of nitrogens with zero attached hydrogens (tertiary/aromatic N) is 4. The van der Waals surface area contributed by atoms with E-state index in [0.717, 1.165) is 61.1 Å². The Morgan fingerprint density at radius 2 is 1.35 bits per heavy atom. The molecule has 0 spiro atoms. The maximum atomic E-state index is 13.0. The summed E-state index contributed by atoms with van der Waals surface area (Å²) >= 11 is 4.41. The lowest BCUT2D eigenvalue weighted by atomic mass is 10.3. The normalized spacial score (nSPS) is 16.4. The van der Waals surface area contributed by atoms with Crippen molar-refractivity contribution in [2.45, 2.75) is 26.1 Å². The van der Waals surface area contributed by atoms with Gasteiger partial charge in [0.05, 0.1) is 38.6 Å². The van der Waals surface area contributed by atoms with Crippen LogP contribution in [0.2, 0.25) is 0 Å². The fourth-order valence-electron chi connectivity index (χ4n) is 3.36. The third-order valence-corrected chi connectivity index (χ3v) is 7.15. The van der Waals surface area contributed by atoms with E-state index in [4.69, 9.17) is 24.7 Å². The molecule has 2 aromatic heterocycles. The van der Waals surface area contributed by atoms with Crippen molar-refractivity contribution < 1.29 is 23.3 Å². The van der Waals surface area contributed by atoms with Crippen molar-refractivity contribution in [1.29, 1.82) is 0 Å². The summed E-state index contributed by atoms with van der Waals surface area (Å²) in [4.78, 5) is 12.8. The van der Waals surface area contributed by atoms with E-state index in [9.17, 15) is 4.39 Å². The van der Waals surface area contributed by atoms with E-state index in [1.54, 1.807) is 14.2 Å². The maximum Gasteiger partial charge on any atom is 0.215 e. The van der Waals surface area contributed by atoms with Crippen LogP contribution in [-0.2, 0) is 18.9 Å². The molecule has 0 radical (unpaired) electrons. The summed E-state index contributed by atoms with van der Waals surface area (Å²) in [7, 11) is 3.37. The molecule has 2 saturated heterocycles. The van der Waals surface area contributed by atoms with Crippen LogP contribution in [0.25, 0.3) is 0 Å². The molecule has 228 valence electrons. The molecule has 40 heavy (non-hydrogen) atoms. The highest BCUT2D eigenvalue weighted by atomic mass is 127. The molecule has 0 unspecified atom stereocenters. The van der Waals surface area contributed by atoms with Crippen LogP contribution in [-0.4, -0.2) is 102 Å². The van der Waals surface area contributed by atoms with E-state index in [1.165, 1.54) is 9.64 Å². The molecule has 0 bridgehead atoms. The lowest BCUT2D eigenvalue weighted by molar-refractivity contribution is 0.122. The molecule has 4 heterocycles. The second-order valence-electron chi connectivity index (χ2n) is 8.90. The number of rotatable bonds is 8. The second kappa shape index (κ2) is 21.0. The van der Waals surface area contributed by atoms with Crippen LogP contribution in [0.4, 0.5) is 21.8 Å². The Labute approximate surface area is 272 Å². The maximum absolute atomic E-state index is 13.0. The van der Waals surface area contributed by atoms with Gasteiger partial charge in [-0.25, -0.2) is 9.97 Å². The minimum Gasteiger partial charge on any atom is -0.380 e. The Balaban J connectivity index is 0.000000335. The van der Waals surface area contributed by atoms with Gasteiger partial charge in [-0.05, 0) is 77.2 Å². The monoisotopic (exact) mass is 808 g/mol. The van der Waals surface area contributed by atoms with Crippen molar-refractivity contribution >= 4 is 76.1 Å². The van der Waals surface area contributed by atoms with E-state index in [-0.39, 0.29) is 25.7 Å². The SMILES string of the molecule is CO[C@@H](C)CN.CO[C@@H](C)CNc1cc(I)cc(N2CCOCC2)n1.Fc1cc(I)cc(N2CCOCC2)n1.S. The first kappa shape index (κ1) is 37.3. The van der Waals surface area contributed by atoms with Gasteiger partial charge in [0.2, 0.25) is 5.95 Å². The van der Waals surface area contributed by atoms with Gasteiger partial charge in [0.1, 0.15) is 17.5 Å². The standard InChI is InChI=1S/C13H20IN3O2.C9H10FIN2O.C4H11NO.H2S/c1-10(18-2)9-15-12-7-11(14)8-13(16-12)17-3-5-19-6-4-17;10-8-5-7(11)6-9(12-8)13-1-3-14-4-2-13;1-4(3-5)6-2;/h7-8,10H,3-6,9H2,1-2H3,(H,15,16);5-6H,1-4H2;4H,3,5H2,1-2H3;1H2/t10-;;4-;/m0.0./s1. The van der Waals surface area contributed by atoms with Crippen molar-refractivity contribution in [3.63, 3.8) is 0 Å². The predicted octanol–water partition coefficient (Wildman–Crippen LogP) is 3.72. The highest BCUT2D eigenvalue weighted by Crippen LogP contribution is 2.20. The topological polar surface area (TPSA) is 107 Å². The molecule has 4 rings (SSSR count). The first-order valence-corrected chi connectivity index (χ1v) is 15.1. The molecule has 3 N–H and O–H groups in total. The van der Waals surface area contributed by atoms with Crippen molar-refractivity contribution in [1.82, 2.24) is 9.97 Å². The van der Waals surface area contributed by atoms with Crippen LogP contribution in [0, 0.1) is 13.1 Å². The van der Waals surface area contributed by atoms with Gasteiger partial charge in [0, 0.05) is 66.7 Å². The lowest BCUT2D eigenvalue weighted by Gasteiger charge is -2.28. The Bertz CT molecular complexity index is 951. The summed E-state index contributed by atoms with van der Waals surface area (Å²) in [6.45, 7) is 11.6. The number of nitrogens with one attached hydrogen (secondary N) is 1. The molecule has 10 nitrogen and oxygen atoms in total. The van der Waals surface area contributed by atoms with Crippen molar-refractivity contribution in [3.05, 3.63) is 37.4 Å². The van der Waals surface area contributed by atoms with E-state index in [1.807, 2.05) is 30.9 Å². The number of morpholine rings is 2. The van der Waals surface area contributed by atoms with E-state index >= 15 is 0 Å². The highest BCUT2D eigenvalue weighted by molar-refractivity contribution is 14.1. The number of methoxy groups -OCH3 is 2. The molecule has 2 aromatic rings. The lowest BCUT2D eigenvalue weighted by Crippen LogP contribution is -2.36. The first-order valence-electron chi connectivity index (χ1n) is 12.9. The molecule has 14 heteroatoms. The molecule has 2 aliphatic heterocycles.